The van der Waals surface area contributed by atoms with E-state index in [4.69, 9.17) is 21.1 Å². The molecule has 2 aliphatic heterocycles. The smallest absolute Gasteiger partial charge is 0.276 e. The minimum atomic E-state index is -1.15. The molecule has 12 aromatic rings. The molecule has 5 aromatic carbocycles. The molecule has 0 saturated carbocycles. The summed E-state index contributed by atoms with van der Waals surface area (Å²) in [5.41, 5.74) is -1.63. The zero-order valence-corrected chi connectivity index (χ0v) is 49.0. The van der Waals surface area contributed by atoms with E-state index in [9.17, 15) is 24.3 Å². The number of aromatic nitrogens is 11. The number of hydrogen-bond donors (Lipinski definition) is 7. The molecular formula is C63H50ClF5N16O7. The van der Waals surface area contributed by atoms with E-state index in [1.807, 2.05) is 4.90 Å². The number of fused-ring (bicyclic) bond motifs is 3. The summed E-state index contributed by atoms with van der Waals surface area (Å²) in [6.45, 7) is 2.74. The molecular weight excluding hydrogens is 1220 g/mol. The van der Waals surface area contributed by atoms with Gasteiger partial charge in [0.25, 0.3) is 22.6 Å². The van der Waals surface area contributed by atoms with Crippen LogP contribution in [0.25, 0.3) is 73.0 Å². The van der Waals surface area contributed by atoms with E-state index < -0.39 is 69.0 Å². The second-order valence-corrected chi connectivity index (χ2v) is 22.2. The van der Waals surface area contributed by atoms with Crippen molar-refractivity contribution in [1.29, 1.82) is 0 Å². The van der Waals surface area contributed by atoms with E-state index in [-0.39, 0.29) is 134 Å². The van der Waals surface area contributed by atoms with Crippen LogP contribution in [0, 0.1) is 29.1 Å². The van der Waals surface area contributed by atoms with E-state index in [1.54, 1.807) is 47.1 Å². The number of nitrogens with zero attached hydrogens (tertiary/aromatic N) is 10. The molecule has 466 valence electrons. The number of carbonyl (C=O) groups excluding carboxylic acids is 1. The molecule has 1 unspecified atom stereocenters. The van der Waals surface area contributed by atoms with Crippen LogP contribution in [0.3, 0.4) is 0 Å². The van der Waals surface area contributed by atoms with Crippen LogP contribution in [0.2, 0.25) is 5.02 Å². The van der Waals surface area contributed by atoms with Crippen molar-refractivity contribution in [3.05, 3.63) is 205 Å². The normalized spacial score (nSPS) is 14.2. The molecule has 23 nitrogen and oxygen atoms in total. The van der Waals surface area contributed by atoms with Gasteiger partial charge in [-0.25, -0.2) is 36.9 Å². The summed E-state index contributed by atoms with van der Waals surface area (Å²) in [6, 6.07) is 17.4. The number of benzene rings is 5. The van der Waals surface area contributed by atoms with Crippen LogP contribution < -0.4 is 32.6 Å². The highest BCUT2D eigenvalue weighted by Gasteiger charge is 2.29. The third kappa shape index (κ3) is 10.9. The maximum absolute atomic E-state index is 17.4. The molecule has 2 aliphatic rings. The van der Waals surface area contributed by atoms with Gasteiger partial charge in [0, 0.05) is 106 Å². The van der Waals surface area contributed by atoms with E-state index in [0.717, 1.165) is 24.3 Å². The van der Waals surface area contributed by atoms with Crippen molar-refractivity contribution in [1.82, 2.24) is 62.7 Å². The van der Waals surface area contributed by atoms with Crippen molar-refractivity contribution >= 4 is 68.6 Å². The number of morpholine rings is 2. The number of ether oxygens (including phenoxy) is 2. The standard InChI is InChI=1S/C63H50ClF5N16O7/c1-80-31-38(30-73-80)75-55-52-61(88)70-7-10-83(52)57(77-55)48-40(64)26-34(27-43(48)67)33-23-36(63(90)82-15-19-92-20-16-82)25-37(24-33)74-54-51-60(87)71-8-11-84(51)59(78-54)50-44(68)28-35(29-45(50)69)39-21-32(22-47(86)81-13-17-91-18-14-81)5-6-46(39)76-56-53-62(89)72-9-12-85(53)58(79-56)49-41(65)3-2-4-42(49)66/h2-12,21,23-31,47,74-76,86H,13-20,22H2,1H3,(H,70,88)(H,71,87)(H,72,89). The number of imidazole rings is 3. The molecule has 2 fully saturated rings. The van der Waals surface area contributed by atoms with Crippen molar-refractivity contribution in [3.63, 3.8) is 0 Å². The van der Waals surface area contributed by atoms with Gasteiger partial charge in [0.2, 0.25) is 0 Å². The van der Waals surface area contributed by atoms with Gasteiger partial charge in [-0.2, -0.15) is 5.10 Å². The Hall–Kier alpha value is -10.8. The molecule has 92 heavy (non-hydrogen) atoms. The average molecular weight is 1270 g/mol. The number of anilines is 6. The third-order valence-electron chi connectivity index (χ3n) is 16.0. The van der Waals surface area contributed by atoms with Crippen LogP contribution >= 0.6 is 11.6 Å². The number of hydrogen-bond acceptors (Lipinski definition) is 15. The van der Waals surface area contributed by atoms with E-state index in [2.05, 4.69) is 51.0 Å². The van der Waals surface area contributed by atoms with Crippen LogP contribution in [0.4, 0.5) is 56.5 Å². The molecule has 0 spiro atoms. The van der Waals surface area contributed by atoms with Crippen molar-refractivity contribution in [3.8, 4) is 56.4 Å². The van der Waals surface area contributed by atoms with Crippen LogP contribution in [0.5, 0.6) is 0 Å². The van der Waals surface area contributed by atoms with Gasteiger partial charge in [0.1, 0.15) is 35.3 Å². The predicted molar refractivity (Wildman–Crippen MR) is 331 cm³/mol. The summed E-state index contributed by atoms with van der Waals surface area (Å²) in [6.07, 6.45) is 10.4. The van der Waals surface area contributed by atoms with Crippen LogP contribution in [-0.4, -0.2) is 133 Å². The second-order valence-electron chi connectivity index (χ2n) is 21.8. The first-order chi connectivity index (χ1) is 44.5. The van der Waals surface area contributed by atoms with Gasteiger partial charge in [0.15, 0.2) is 51.5 Å². The fraction of sp³-hybridized carbons (Fsp3) is 0.175. The Labute approximate surface area is 520 Å². The summed E-state index contributed by atoms with van der Waals surface area (Å²) in [5.74, 6) is -6.40. The lowest BCUT2D eigenvalue weighted by atomic mass is 9.97. The molecule has 1 atom stereocenters. The van der Waals surface area contributed by atoms with E-state index >= 15 is 22.0 Å². The number of nitrogens with one attached hydrogen (secondary N) is 6. The maximum atomic E-state index is 17.4. The molecule has 0 radical (unpaired) electrons. The molecule has 2 saturated heterocycles. The summed E-state index contributed by atoms with van der Waals surface area (Å²) in [5, 5.41) is 24.6. The maximum Gasteiger partial charge on any atom is 0.276 e. The molecule has 14 rings (SSSR count). The third-order valence-corrected chi connectivity index (χ3v) is 16.3. The highest BCUT2D eigenvalue weighted by Crippen LogP contribution is 2.41. The Morgan fingerprint density at radius 2 is 1.12 bits per heavy atom. The van der Waals surface area contributed by atoms with Crippen LogP contribution in [0.1, 0.15) is 15.9 Å². The lowest BCUT2D eigenvalue weighted by Crippen LogP contribution is -2.44. The second kappa shape index (κ2) is 23.9. The highest BCUT2D eigenvalue weighted by molar-refractivity contribution is 6.33. The van der Waals surface area contributed by atoms with Gasteiger partial charge in [-0.15, -0.1) is 0 Å². The van der Waals surface area contributed by atoms with Crippen LogP contribution in [0.15, 0.2) is 143 Å². The zero-order chi connectivity index (χ0) is 63.6. The van der Waals surface area contributed by atoms with Gasteiger partial charge in [-0.3, -0.25) is 42.0 Å². The SMILES string of the molecule is Cn1cc(Nc2nc(-c3c(F)cc(-c4cc(Nc5nc(-c6c(F)cc(-c7cc(CC(O)N8CCOCC8)ccc7Nc7nc(-c8c(F)cccc8F)n8cc[nH]c(=O)c78)cc6F)n6cc[nH]c(=O)c56)cc(C(=O)N5CCOCC5)c4)cc3Cl)n3cc[nH]c(=O)c23)cn1. The summed E-state index contributed by atoms with van der Waals surface area (Å²) in [4.78, 5) is 80.0. The van der Waals surface area contributed by atoms with E-state index in [1.165, 1.54) is 86.9 Å². The number of aryl methyl sites for hydroxylation is 1. The Kier molecular flexibility index (Phi) is 15.3. The summed E-state index contributed by atoms with van der Waals surface area (Å²) < 4.78 is 98.8. The molecule has 0 bridgehead atoms. The van der Waals surface area contributed by atoms with Gasteiger partial charge >= 0.3 is 0 Å². The predicted octanol–water partition coefficient (Wildman–Crippen LogP) is 9.01. The summed E-state index contributed by atoms with van der Waals surface area (Å²) >= 11 is 7.00. The first-order valence-electron chi connectivity index (χ1n) is 28.7. The number of aromatic amines is 3. The van der Waals surface area contributed by atoms with Gasteiger partial charge < -0.3 is 50.4 Å². The Morgan fingerprint density at radius 3 is 1.68 bits per heavy atom. The van der Waals surface area contributed by atoms with Crippen molar-refractivity contribution in [2.75, 3.05) is 68.6 Å². The van der Waals surface area contributed by atoms with Crippen molar-refractivity contribution < 1.29 is 41.3 Å². The quantitative estimate of drug-likeness (QED) is 0.0472. The Balaban J connectivity index is 0.847. The van der Waals surface area contributed by atoms with Gasteiger partial charge in [-0.05, 0) is 89.0 Å². The zero-order valence-electron chi connectivity index (χ0n) is 48.2. The minimum absolute atomic E-state index is 0.0115. The Morgan fingerprint density at radius 1 is 0.609 bits per heavy atom. The molecule has 0 aliphatic carbocycles. The lowest BCUT2D eigenvalue weighted by molar-refractivity contribution is -0.0575. The highest BCUT2D eigenvalue weighted by atomic mass is 35.5. The fourth-order valence-electron chi connectivity index (χ4n) is 11.7. The number of H-pyrrole nitrogens is 3. The van der Waals surface area contributed by atoms with Crippen LogP contribution in [-0.2, 0) is 22.9 Å². The first-order valence-corrected chi connectivity index (χ1v) is 29.1. The van der Waals surface area contributed by atoms with E-state index in [0.29, 0.717) is 37.6 Å². The number of aliphatic hydroxyl groups excluding tert-OH is 1. The lowest BCUT2D eigenvalue weighted by Gasteiger charge is -2.31. The number of halogens is 6. The molecule has 9 heterocycles. The number of carbonyl (C=O) groups is 1. The number of rotatable bonds is 15. The largest absolute Gasteiger partial charge is 0.379 e. The molecule has 7 aromatic heterocycles. The van der Waals surface area contributed by atoms with Crippen molar-refractivity contribution in [2.45, 2.75) is 12.6 Å². The monoisotopic (exact) mass is 1270 g/mol. The van der Waals surface area contributed by atoms with Gasteiger partial charge in [0.05, 0.1) is 60.0 Å². The minimum Gasteiger partial charge on any atom is -0.379 e. The average Bonchev–Trinajstić information content (AvgIpc) is 1.59. The Bertz CT molecular complexity index is 5060. The van der Waals surface area contributed by atoms with Crippen molar-refractivity contribution in [2.24, 2.45) is 7.05 Å². The molecule has 7 N–H and O–H groups in total. The molecule has 1 amide bonds. The fourth-order valence-corrected chi connectivity index (χ4v) is 11.9. The number of amides is 1. The summed E-state index contributed by atoms with van der Waals surface area (Å²) in [7, 11) is 1.71. The van der Waals surface area contributed by atoms with Gasteiger partial charge in [-0.1, -0.05) is 23.7 Å². The topological polar surface area (TPSA) is 267 Å². The number of aliphatic hydroxyl groups is 1. The first kappa shape index (κ1) is 58.9. The molecule has 29 heteroatoms.